The molecule has 0 spiro atoms. The fraction of sp³-hybridized carbons (Fsp3) is 0.263. The molecule has 0 saturated heterocycles. The van der Waals surface area contributed by atoms with Gasteiger partial charge in [-0.15, -0.1) is 0 Å². The molecule has 3 heteroatoms. The molecule has 0 aliphatic carbocycles. The van der Waals surface area contributed by atoms with Crippen LogP contribution in [0.5, 0.6) is 0 Å². The average Bonchev–Trinajstić information content (AvgIpc) is 2.96. The summed E-state index contributed by atoms with van der Waals surface area (Å²) in [5.41, 5.74) is 4.72. The van der Waals surface area contributed by atoms with Gasteiger partial charge in [0.05, 0.1) is 12.7 Å². The molecule has 1 aromatic heterocycles. The van der Waals surface area contributed by atoms with Gasteiger partial charge >= 0.3 is 0 Å². The predicted molar refractivity (Wildman–Crippen MR) is 89.7 cm³/mol. The van der Waals surface area contributed by atoms with Crippen molar-refractivity contribution in [3.63, 3.8) is 0 Å². The van der Waals surface area contributed by atoms with Crippen LogP contribution < -0.4 is 0 Å². The highest BCUT2D eigenvalue weighted by atomic mass is 15.5. The molecule has 0 aliphatic rings. The first-order chi connectivity index (χ1) is 10.5. The second-order valence-corrected chi connectivity index (χ2v) is 6.57. The summed E-state index contributed by atoms with van der Waals surface area (Å²) in [4.78, 5) is 1.74. The van der Waals surface area contributed by atoms with Gasteiger partial charge in [0.25, 0.3) is 0 Å². The molecular weight excluding hydrogens is 270 g/mol. The van der Waals surface area contributed by atoms with Crippen LogP contribution in [0.15, 0.2) is 60.8 Å². The maximum atomic E-state index is 4.57. The van der Waals surface area contributed by atoms with Crippen molar-refractivity contribution in [2.75, 3.05) is 0 Å². The first kappa shape index (κ1) is 14.5. The van der Waals surface area contributed by atoms with Crippen LogP contribution in [0, 0.1) is 0 Å². The van der Waals surface area contributed by atoms with Gasteiger partial charge in [-0.3, -0.25) is 0 Å². The van der Waals surface area contributed by atoms with E-state index in [4.69, 9.17) is 0 Å². The predicted octanol–water partition coefficient (Wildman–Crippen LogP) is 4.29. The van der Waals surface area contributed by atoms with Gasteiger partial charge in [-0.1, -0.05) is 75.4 Å². The summed E-state index contributed by atoms with van der Waals surface area (Å²) in [5.74, 6) is 0. The normalized spacial score (nSPS) is 11.6. The quantitative estimate of drug-likeness (QED) is 0.720. The molecule has 112 valence electrons. The lowest BCUT2D eigenvalue weighted by Crippen LogP contribution is -2.10. The van der Waals surface area contributed by atoms with Crippen LogP contribution in [0.25, 0.3) is 11.3 Å². The van der Waals surface area contributed by atoms with Gasteiger partial charge in [-0.2, -0.15) is 15.0 Å². The second-order valence-electron chi connectivity index (χ2n) is 6.57. The minimum Gasteiger partial charge on any atom is -0.180 e. The van der Waals surface area contributed by atoms with Gasteiger partial charge in [0, 0.05) is 5.56 Å². The summed E-state index contributed by atoms with van der Waals surface area (Å²) in [6, 6.07) is 18.8. The highest BCUT2D eigenvalue weighted by Crippen LogP contribution is 2.25. The highest BCUT2D eigenvalue weighted by Gasteiger charge is 2.13. The number of rotatable bonds is 3. The molecular formula is C19H21N3. The standard InChI is InChI=1S/C19H21N3/c1-19(2,3)17-11-9-16(10-12-17)18-13-20-22(21-18)14-15-7-5-4-6-8-15/h4-13H,14H2,1-3H3. The van der Waals surface area contributed by atoms with Crippen molar-refractivity contribution in [1.29, 1.82) is 0 Å². The van der Waals surface area contributed by atoms with E-state index in [0.29, 0.717) is 6.54 Å². The molecule has 0 N–H and O–H groups in total. The SMILES string of the molecule is CC(C)(C)c1ccc(-c2cnn(Cc3ccccc3)n2)cc1. The van der Waals surface area contributed by atoms with Crippen LogP contribution in [0.1, 0.15) is 31.9 Å². The Balaban J connectivity index is 1.79. The molecule has 0 saturated carbocycles. The monoisotopic (exact) mass is 291 g/mol. The average molecular weight is 291 g/mol. The van der Waals surface area contributed by atoms with Crippen molar-refractivity contribution < 1.29 is 0 Å². The lowest BCUT2D eigenvalue weighted by molar-refractivity contribution is 0.589. The van der Waals surface area contributed by atoms with Crippen LogP contribution in [0.4, 0.5) is 0 Å². The minimum atomic E-state index is 0.170. The molecule has 0 radical (unpaired) electrons. The van der Waals surface area contributed by atoms with E-state index in [0.717, 1.165) is 11.3 Å². The number of nitrogens with zero attached hydrogens (tertiary/aromatic N) is 3. The summed E-state index contributed by atoms with van der Waals surface area (Å²) in [5, 5.41) is 8.94. The largest absolute Gasteiger partial charge is 0.180 e. The molecule has 0 bridgehead atoms. The van der Waals surface area contributed by atoms with E-state index in [2.05, 4.69) is 67.4 Å². The summed E-state index contributed by atoms with van der Waals surface area (Å²) >= 11 is 0. The third-order valence-electron chi connectivity index (χ3n) is 3.75. The number of benzene rings is 2. The van der Waals surface area contributed by atoms with Crippen molar-refractivity contribution in [2.24, 2.45) is 0 Å². The zero-order chi connectivity index (χ0) is 15.6. The zero-order valence-corrected chi connectivity index (χ0v) is 13.3. The third kappa shape index (κ3) is 3.25. The smallest absolute Gasteiger partial charge is 0.113 e. The Kier molecular flexibility index (Phi) is 3.80. The van der Waals surface area contributed by atoms with E-state index in [1.807, 2.05) is 24.4 Å². The molecule has 2 aromatic carbocycles. The Hall–Kier alpha value is -2.42. The maximum absolute atomic E-state index is 4.57. The van der Waals surface area contributed by atoms with Gasteiger partial charge in [0.1, 0.15) is 5.69 Å². The molecule has 0 amide bonds. The summed E-state index contributed by atoms with van der Waals surface area (Å²) < 4.78 is 0. The van der Waals surface area contributed by atoms with Crippen molar-refractivity contribution in [1.82, 2.24) is 15.0 Å². The van der Waals surface area contributed by atoms with Crippen molar-refractivity contribution >= 4 is 0 Å². The van der Waals surface area contributed by atoms with Crippen LogP contribution in [0.2, 0.25) is 0 Å². The Morgan fingerprint density at radius 3 is 2.23 bits per heavy atom. The molecule has 0 unspecified atom stereocenters. The van der Waals surface area contributed by atoms with Crippen LogP contribution in [-0.2, 0) is 12.0 Å². The Morgan fingerprint density at radius 1 is 0.909 bits per heavy atom. The number of hydrogen-bond donors (Lipinski definition) is 0. The van der Waals surface area contributed by atoms with Gasteiger partial charge < -0.3 is 0 Å². The highest BCUT2D eigenvalue weighted by molar-refractivity contribution is 5.58. The summed E-state index contributed by atoms with van der Waals surface area (Å²) in [6.07, 6.45) is 1.83. The summed E-state index contributed by atoms with van der Waals surface area (Å²) in [7, 11) is 0. The van der Waals surface area contributed by atoms with Gasteiger partial charge in [-0.25, -0.2) is 0 Å². The molecule has 3 aromatic rings. The molecule has 3 nitrogen and oxygen atoms in total. The van der Waals surface area contributed by atoms with E-state index in [1.165, 1.54) is 11.1 Å². The van der Waals surface area contributed by atoms with Gasteiger partial charge in [-0.05, 0) is 16.5 Å². The molecule has 22 heavy (non-hydrogen) atoms. The topological polar surface area (TPSA) is 30.7 Å². The first-order valence-electron chi connectivity index (χ1n) is 7.57. The minimum absolute atomic E-state index is 0.170. The Labute approximate surface area is 131 Å². The molecule has 1 heterocycles. The van der Waals surface area contributed by atoms with Gasteiger partial charge in [0.15, 0.2) is 0 Å². The van der Waals surface area contributed by atoms with E-state index in [9.17, 15) is 0 Å². The van der Waals surface area contributed by atoms with Crippen molar-refractivity contribution in [3.8, 4) is 11.3 Å². The molecule has 3 rings (SSSR count). The zero-order valence-electron chi connectivity index (χ0n) is 13.3. The second kappa shape index (κ2) is 5.76. The lowest BCUT2D eigenvalue weighted by atomic mass is 9.86. The lowest BCUT2D eigenvalue weighted by Gasteiger charge is -2.18. The fourth-order valence-corrected chi connectivity index (χ4v) is 2.39. The Bertz CT molecular complexity index is 734. The number of aromatic nitrogens is 3. The van der Waals surface area contributed by atoms with E-state index >= 15 is 0 Å². The van der Waals surface area contributed by atoms with Crippen LogP contribution >= 0.6 is 0 Å². The van der Waals surface area contributed by atoms with Crippen LogP contribution in [-0.4, -0.2) is 15.0 Å². The maximum Gasteiger partial charge on any atom is 0.113 e. The summed E-state index contributed by atoms with van der Waals surface area (Å²) in [6.45, 7) is 7.36. The van der Waals surface area contributed by atoms with Gasteiger partial charge in [0.2, 0.25) is 0 Å². The van der Waals surface area contributed by atoms with Crippen molar-refractivity contribution in [2.45, 2.75) is 32.7 Å². The molecule has 0 aliphatic heterocycles. The Morgan fingerprint density at radius 2 is 1.59 bits per heavy atom. The van der Waals surface area contributed by atoms with Crippen LogP contribution in [0.3, 0.4) is 0 Å². The first-order valence-corrected chi connectivity index (χ1v) is 7.57. The third-order valence-corrected chi connectivity index (χ3v) is 3.75. The van der Waals surface area contributed by atoms with E-state index in [1.54, 1.807) is 4.80 Å². The number of hydrogen-bond acceptors (Lipinski definition) is 2. The van der Waals surface area contributed by atoms with E-state index in [-0.39, 0.29) is 5.41 Å². The fourth-order valence-electron chi connectivity index (χ4n) is 2.39. The van der Waals surface area contributed by atoms with Crippen molar-refractivity contribution in [3.05, 3.63) is 71.9 Å². The van der Waals surface area contributed by atoms with E-state index < -0.39 is 0 Å². The molecule has 0 fully saturated rings. The molecule has 0 atom stereocenters.